The minimum atomic E-state index is -0.0865. The molecule has 3 aromatic rings. The second kappa shape index (κ2) is 10.8. The summed E-state index contributed by atoms with van der Waals surface area (Å²) in [5.41, 5.74) is 2.41. The quantitative estimate of drug-likeness (QED) is 0.372. The predicted octanol–water partition coefficient (Wildman–Crippen LogP) is 5.10. The van der Waals surface area contributed by atoms with E-state index in [1.807, 2.05) is 44.2 Å². The fourth-order valence-corrected chi connectivity index (χ4v) is 3.66. The molecule has 0 aliphatic rings. The van der Waals surface area contributed by atoms with Crippen LogP contribution >= 0.6 is 11.8 Å². The highest BCUT2D eigenvalue weighted by Crippen LogP contribution is 2.27. The van der Waals surface area contributed by atoms with Crippen molar-refractivity contribution in [3.05, 3.63) is 71.6 Å². The molecule has 0 saturated heterocycles. The maximum Gasteiger partial charge on any atom is 0.251 e. The summed E-state index contributed by atoms with van der Waals surface area (Å²) in [6, 6.07) is 17.6. The molecule has 0 atom stereocenters. The van der Waals surface area contributed by atoms with Crippen LogP contribution in [0.5, 0.6) is 0 Å². The Morgan fingerprint density at radius 1 is 1.14 bits per heavy atom. The van der Waals surface area contributed by atoms with Gasteiger partial charge in [-0.05, 0) is 56.7 Å². The molecule has 0 bridgehead atoms. The molecule has 1 N–H and O–H groups in total. The van der Waals surface area contributed by atoms with Crippen LogP contribution in [0.15, 0.2) is 63.9 Å². The molecule has 0 aliphatic heterocycles. The lowest BCUT2D eigenvalue weighted by atomic mass is 10.1. The van der Waals surface area contributed by atoms with Crippen LogP contribution in [0.1, 0.15) is 35.2 Å². The zero-order valence-electron chi connectivity index (χ0n) is 16.8. The summed E-state index contributed by atoms with van der Waals surface area (Å²) in [4.78, 5) is 18.1. The van der Waals surface area contributed by atoms with Gasteiger partial charge in [0, 0.05) is 41.5 Å². The molecule has 3 rings (SSSR count). The van der Waals surface area contributed by atoms with E-state index in [-0.39, 0.29) is 5.91 Å². The molecular weight excluding hydrogens is 384 g/mol. The Morgan fingerprint density at radius 2 is 1.90 bits per heavy atom. The van der Waals surface area contributed by atoms with Crippen molar-refractivity contribution in [1.82, 2.24) is 10.3 Å². The first-order valence-corrected chi connectivity index (χ1v) is 10.8. The normalized spacial score (nSPS) is 10.8. The van der Waals surface area contributed by atoms with Gasteiger partial charge in [-0.25, -0.2) is 4.98 Å². The van der Waals surface area contributed by atoms with Crippen molar-refractivity contribution in [3.63, 3.8) is 0 Å². The Bertz CT molecular complexity index is 908. The summed E-state index contributed by atoms with van der Waals surface area (Å²) in [6.45, 7) is 5.84. The number of aryl methyl sites for hydroxylation is 1. The van der Waals surface area contributed by atoms with Gasteiger partial charge >= 0.3 is 0 Å². The monoisotopic (exact) mass is 410 g/mol. The third-order valence-corrected chi connectivity index (χ3v) is 5.38. The first-order valence-electron chi connectivity index (χ1n) is 9.78. The van der Waals surface area contributed by atoms with E-state index in [4.69, 9.17) is 9.15 Å². The minimum Gasteiger partial charge on any atom is -0.441 e. The second-order valence-electron chi connectivity index (χ2n) is 6.51. The van der Waals surface area contributed by atoms with E-state index in [2.05, 4.69) is 22.4 Å². The zero-order valence-corrected chi connectivity index (χ0v) is 17.6. The van der Waals surface area contributed by atoms with Crippen molar-refractivity contribution in [1.29, 1.82) is 0 Å². The molecule has 0 fully saturated rings. The summed E-state index contributed by atoms with van der Waals surface area (Å²) >= 11 is 1.73. The Kier molecular flexibility index (Phi) is 7.90. The Morgan fingerprint density at radius 3 is 2.62 bits per heavy atom. The lowest BCUT2D eigenvalue weighted by Crippen LogP contribution is -2.25. The van der Waals surface area contributed by atoms with Gasteiger partial charge in [-0.3, -0.25) is 4.79 Å². The van der Waals surface area contributed by atoms with E-state index in [0.717, 1.165) is 29.2 Å². The molecule has 1 amide bonds. The topological polar surface area (TPSA) is 64.4 Å². The third kappa shape index (κ3) is 6.21. The lowest BCUT2D eigenvalue weighted by Gasteiger charge is -2.05. The van der Waals surface area contributed by atoms with Crippen LogP contribution in [0.4, 0.5) is 0 Å². The number of hydrogen-bond donors (Lipinski definition) is 1. The molecule has 0 radical (unpaired) electrons. The standard InChI is InChI=1S/C23H26N2O3S/c1-3-27-15-7-14-24-22(26)18-10-12-19(13-11-18)23-25-21(17(2)28-23)16-29-20-8-5-4-6-9-20/h4-6,8-13H,3,7,14-16H2,1-2H3,(H,24,26). The van der Waals surface area contributed by atoms with Gasteiger partial charge in [-0.1, -0.05) is 18.2 Å². The van der Waals surface area contributed by atoms with Gasteiger partial charge in [0.15, 0.2) is 0 Å². The van der Waals surface area contributed by atoms with Crippen molar-refractivity contribution in [2.75, 3.05) is 19.8 Å². The van der Waals surface area contributed by atoms with Crippen molar-refractivity contribution in [2.24, 2.45) is 0 Å². The number of aromatic nitrogens is 1. The van der Waals surface area contributed by atoms with E-state index in [1.54, 1.807) is 23.9 Å². The van der Waals surface area contributed by atoms with Crippen molar-refractivity contribution >= 4 is 17.7 Å². The molecular formula is C23H26N2O3S. The number of hydrogen-bond acceptors (Lipinski definition) is 5. The first-order chi connectivity index (χ1) is 14.2. The van der Waals surface area contributed by atoms with E-state index in [9.17, 15) is 4.79 Å². The van der Waals surface area contributed by atoms with Crippen LogP contribution < -0.4 is 5.32 Å². The summed E-state index contributed by atoms with van der Waals surface area (Å²) in [6.07, 6.45) is 0.803. The van der Waals surface area contributed by atoms with E-state index in [1.165, 1.54) is 4.90 Å². The van der Waals surface area contributed by atoms with E-state index in [0.29, 0.717) is 31.2 Å². The summed E-state index contributed by atoms with van der Waals surface area (Å²) in [5, 5.41) is 2.90. The molecule has 5 nitrogen and oxygen atoms in total. The number of carbonyl (C=O) groups excluding carboxylic acids is 1. The second-order valence-corrected chi connectivity index (χ2v) is 7.56. The van der Waals surface area contributed by atoms with Gasteiger partial charge in [0.2, 0.25) is 5.89 Å². The van der Waals surface area contributed by atoms with Crippen molar-refractivity contribution < 1.29 is 13.9 Å². The average Bonchev–Trinajstić information content (AvgIpc) is 3.13. The summed E-state index contributed by atoms with van der Waals surface area (Å²) in [5.74, 6) is 2.06. The highest BCUT2D eigenvalue weighted by molar-refractivity contribution is 7.98. The molecule has 0 spiro atoms. The number of oxazole rings is 1. The maximum absolute atomic E-state index is 12.2. The molecule has 152 valence electrons. The number of amides is 1. The Labute approximate surface area is 175 Å². The highest BCUT2D eigenvalue weighted by atomic mass is 32.2. The fraction of sp³-hybridized carbons (Fsp3) is 0.304. The molecule has 1 aromatic heterocycles. The molecule has 6 heteroatoms. The van der Waals surface area contributed by atoms with Crippen LogP contribution in [-0.2, 0) is 10.5 Å². The number of thioether (sulfide) groups is 1. The van der Waals surface area contributed by atoms with Crippen LogP contribution in [0.25, 0.3) is 11.5 Å². The number of carbonyl (C=O) groups is 1. The largest absolute Gasteiger partial charge is 0.441 e. The number of ether oxygens (including phenoxy) is 1. The zero-order chi connectivity index (χ0) is 20.5. The maximum atomic E-state index is 12.2. The van der Waals surface area contributed by atoms with Crippen LogP contribution in [0.2, 0.25) is 0 Å². The molecule has 0 aliphatic carbocycles. The molecule has 2 aromatic carbocycles. The average molecular weight is 411 g/mol. The van der Waals surface area contributed by atoms with Crippen molar-refractivity contribution in [2.45, 2.75) is 30.9 Å². The Balaban J connectivity index is 1.57. The van der Waals surface area contributed by atoms with Gasteiger partial charge in [-0.2, -0.15) is 0 Å². The molecule has 1 heterocycles. The minimum absolute atomic E-state index is 0.0865. The van der Waals surface area contributed by atoms with Crippen LogP contribution in [-0.4, -0.2) is 30.6 Å². The number of nitrogens with one attached hydrogen (secondary N) is 1. The van der Waals surface area contributed by atoms with Crippen LogP contribution in [0, 0.1) is 6.92 Å². The SMILES string of the molecule is CCOCCCNC(=O)c1ccc(-c2nc(CSc3ccccc3)c(C)o2)cc1. The van der Waals surface area contributed by atoms with Gasteiger partial charge < -0.3 is 14.5 Å². The van der Waals surface area contributed by atoms with E-state index >= 15 is 0 Å². The van der Waals surface area contributed by atoms with Gasteiger partial charge in [0.25, 0.3) is 5.91 Å². The summed E-state index contributed by atoms with van der Waals surface area (Å²) in [7, 11) is 0. The summed E-state index contributed by atoms with van der Waals surface area (Å²) < 4.78 is 11.1. The van der Waals surface area contributed by atoms with Gasteiger partial charge in [0.05, 0.1) is 5.69 Å². The number of benzene rings is 2. The first kappa shape index (κ1) is 21.1. The molecule has 0 unspecified atom stereocenters. The van der Waals surface area contributed by atoms with Gasteiger partial charge in [0.1, 0.15) is 5.76 Å². The molecule has 0 saturated carbocycles. The smallest absolute Gasteiger partial charge is 0.251 e. The van der Waals surface area contributed by atoms with Gasteiger partial charge in [-0.15, -0.1) is 11.8 Å². The fourth-order valence-electron chi connectivity index (χ4n) is 2.74. The van der Waals surface area contributed by atoms with Crippen molar-refractivity contribution in [3.8, 4) is 11.5 Å². The number of rotatable bonds is 10. The highest BCUT2D eigenvalue weighted by Gasteiger charge is 2.13. The van der Waals surface area contributed by atoms with Crippen LogP contribution in [0.3, 0.4) is 0 Å². The Hall–Kier alpha value is -2.57. The van der Waals surface area contributed by atoms with E-state index < -0.39 is 0 Å². The number of nitrogens with zero attached hydrogens (tertiary/aromatic N) is 1. The third-order valence-electron chi connectivity index (χ3n) is 4.36. The predicted molar refractivity (Wildman–Crippen MR) is 116 cm³/mol. The molecule has 29 heavy (non-hydrogen) atoms. The lowest BCUT2D eigenvalue weighted by molar-refractivity contribution is 0.0944.